The van der Waals surface area contributed by atoms with Crippen LogP contribution in [0.25, 0.3) is 0 Å². The number of carbonyl (C=O) groups is 1. The highest BCUT2D eigenvalue weighted by Gasteiger charge is 2.29. The maximum Gasteiger partial charge on any atom is 0.402 e. The van der Waals surface area contributed by atoms with Crippen molar-refractivity contribution in [3.8, 4) is 0 Å². The van der Waals surface area contributed by atoms with Crippen LogP contribution in [-0.4, -0.2) is 38.3 Å². The van der Waals surface area contributed by atoms with Crippen LogP contribution in [0.1, 0.15) is 13.3 Å². The maximum atomic E-state index is 11.7. The molecule has 1 unspecified atom stereocenters. The molecule has 16 heavy (non-hydrogen) atoms. The second-order valence-corrected chi connectivity index (χ2v) is 4.59. The van der Waals surface area contributed by atoms with Crippen molar-refractivity contribution in [2.75, 3.05) is 6.54 Å². The van der Waals surface area contributed by atoms with E-state index in [1.165, 1.54) is 11.6 Å². The Bertz CT molecular complexity index is 340. The van der Waals surface area contributed by atoms with Crippen molar-refractivity contribution in [2.45, 2.75) is 25.6 Å². The van der Waals surface area contributed by atoms with Gasteiger partial charge in [-0.1, -0.05) is 0 Å². The van der Waals surface area contributed by atoms with Gasteiger partial charge in [0.15, 0.2) is 0 Å². The number of aliphatic carboxylic acids is 1. The first-order valence-electron chi connectivity index (χ1n) is 4.07. The molecule has 0 aliphatic rings. The van der Waals surface area contributed by atoms with Crippen LogP contribution in [0.5, 0.6) is 0 Å². The molecular formula is C6H11F3N2O4S. The lowest BCUT2D eigenvalue weighted by molar-refractivity contribution is -0.137. The largest absolute Gasteiger partial charge is 0.481 e. The van der Waals surface area contributed by atoms with Crippen LogP contribution in [0.4, 0.5) is 13.2 Å². The Morgan fingerprint density at radius 2 is 1.94 bits per heavy atom. The molecule has 0 amide bonds. The zero-order chi connectivity index (χ0) is 13.0. The summed E-state index contributed by atoms with van der Waals surface area (Å²) in [5, 5.41) is 8.30. The third kappa shape index (κ3) is 8.44. The number of carboxylic acids is 1. The summed E-state index contributed by atoms with van der Waals surface area (Å²) in [4.78, 5) is 10.2. The Balaban J connectivity index is 4.20. The van der Waals surface area contributed by atoms with Crippen LogP contribution in [0.15, 0.2) is 0 Å². The fourth-order valence-electron chi connectivity index (χ4n) is 0.787. The SMILES string of the molecule is CC(CC(=O)O)NS(=O)(=O)NCC(F)(F)F. The van der Waals surface area contributed by atoms with Gasteiger partial charge < -0.3 is 5.11 Å². The van der Waals surface area contributed by atoms with E-state index < -0.39 is 41.4 Å². The van der Waals surface area contributed by atoms with Gasteiger partial charge in [-0.3, -0.25) is 4.79 Å². The average molecular weight is 264 g/mol. The Morgan fingerprint density at radius 1 is 1.44 bits per heavy atom. The van der Waals surface area contributed by atoms with E-state index in [4.69, 9.17) is 5.11 Å². The zero-order valence-electron chi connectivity index (χ0n) is 8.21. The Labute approximate surface area is 90.0 Å². The third-order valence-electron chi connectivity index (χ3n) is 1.30. The lowest BCUT2D eigenvalue weighted by Crippen LogP contribution is -2.45. The van der Waals surface area contributed by atoms with Gasteiger partial charge in [0.25, 0.3) is 10.2 Å². The lowest BCUT2D eigenvalue weighted by Gasteiger charge is -2.13. The van der Waals surface area contributed by atoms with Crippen molar-refractivity contribution < 1.29 is 31.5 Å². The van der Waals surface area contributed by atoms with Crippen LogP contribution < -0.4 is 9.44 Å². The first kappa shape index (κ1) is 15.1. The van der Waals surface area contributed by atoms with Gasteiger partial charge in [0, 0.05) is 6.04 Å². The first-order chi connectivity index (χ1) is 7.02. The van der Waals surface area contributed by atoms with E-state index in [-0.39, 0.29) is 0 Å². The molecular weight excluding hydrogens is 253 g/mol. The van der Waals surface area contributed by atoms with Crippen LogP contribution >= 0.6 is 0 Å². The molecule has 0 rings (SSSR count). The van der Waals surface area contributed by atoms with Crippen molar-refractivity contribution in [1.82, 2.24) is 9.44 Å². The van der Waals surface area contributed by atoms with Gasteiger partial charge in [-0.05, 0) is 6.92 Å². The molecule has 0 spiro atoms. The minimum Gasteiger partial charge on any atom is -0.481 e. The van der Waals surface area contributed by atoms with Gasteiger partial charge in [-0.25, -0.2) is 0 Å². The van der Waals surface area contributed by atoms with E-state index in [9.17, 15) is 26.4 Å². The summed E-state index contributed by atoms with van der Waals surface area (Å²) in [7, 11) is -4.34. The highest BCUT2D eigenvalue weighted by Crippen LogP contribution is 2.12. The molecule has 0 bridgehead atoms. The summed E-state index contributed by atoms with van der Waals surface area (Å²) in [6.07, 6.45) is -5.18. The normalized spacial score (nSPS) is 14.8. The van der Waals surface area contributed by atoms with Crippen LogP contribution in [-0.2, 0) is 15.0 Å². The average Bonchev–Trinajstić information content (AvgIpc) is 1.96. The van der Waals surface area contributed by atoms with E-state index >= 15 is 0 Å². The van der Waals surface area contributed by atoms with Crippen LogP contribution in [0.2, 0.25) is 0 Å². The second kappa shape index (κ2) is 5.46. The molecule has 1 atom stereocenters. The van der Waals surface area contributed by atoms with E-state index in [0.29, 0.717) is 0 Å². The predicted molar refractivity (Wildman–Crippen MR) is 47.8 cm³/mol. The van der Waals surface area contributed by atoms with Crippen LogP contribution in [0.3, 0.4) is 0 Å². The number of alkyl halides is 3. The van der Waals surface area contributed by atoms with E-state index in [1.54, 1.807) is 4.72 Å². The lowest BCUT2D eigenvalue weighted by atomic mass is 10.3. The summed E-state index contributed by atoms with van der Waals surface area (Å²) in [6, 6.07) is -0.997. The molecule has 6 nitrogen and oxygen atoms in total. The number of rotatable bonds is 6. The van der Waals surface area contributed by atoms with E-state index in [0.717, 1.165) is 0 Å². The first-order valence-corrected chi connectivity index (χ1v) is 5.55. The summed E-state index contributed by atoms with van der Waals surface area (Å²) in [5.41, 5.74) is 0. The number of halogens is 3. The fourth-order valence-corrected chi connectivity index (χ4v) is 1.84. The van der Waals surface area contributed by atoms with Crippen molar-refractivity contribution in [1.29, 1.82) is 0 Å². The zero-order valence-corrected chi connectivity index (χ0v) is 9.02. The van der Waals surface area contributed by atoms with Crippen molar-refractivity contribution in [3.05, 3.63) is 0 Å². The monoisotopic (exact) mass is 264 g/mol. The summed E-state index contributed by atoms with van der Waals surface area (Å²) in [5.74, 6) is -1.26. The number of hydrogen-bond acceptors (Lipinski definition) is 3. The molecule has 0 fully saturated rings. The molecule has 0 aliphatic heterocycles. The van der Waals surface area contributed by atoms with Gasteiger partial charge in [0.05, 0.1) is 6.42 Å². The maximum absolute atomic E-state index is 11.7. The quantitative estimate of drug-likeness (QED) is 0.621. The van der Waals surface area contributed by atoms with Crippen LogP contribution in [0, 0.1) is 0 Å². The number of hydrogen-bond donors (Lipinski definition) is 3. The molecule has 3 N–H and O–H groups in total. The van der Waals surface area contributed by atoms with E-state index in [2.05, 4.69) is 0 Å². The molecule has 96 valence electrons. The molecule has 0 aromatic heterocycles. The molecule has 0 aromatic carbocycles. The minimum atomic E-state index is -4.66. The molecule has 0 saturated carbocycles. The summed E-state index contributed by atoms with van der Waals surface area (Å²) < 4.78 is 59.9. The summed E-state index contributed by atoms with van der Waals surface area (Å²) in [6.45, 7) is -0.483. The summed E-state index contributed by atoms with van der Waals surface area (Å²) >= 11 is 0. The third-order valence-corrected chi connectivity index (χ3v) is 2.54. The molecule has 0 saturated heterocycles. The highest BCUT2D eigenvalue weighted by atomic mass is 32.2. The molecule has 0 aliphatic carbocycles. The van der Waals surface area contributed by atoms with Gasteiger partial charge in [0.2, 0.25) is 0 Å². The van der Waals surface area contributed by atoms with Gasteiger partial charge >= 0.3 is 12.1 Å². The van der Waals surface area contributed by atoms with Crippen molar-refractivity contribution in [2.24, 2.45) is 0 Å². The van der Waals surface area contributed by atoms with Gasteiger partial charge in [-0.2, -0.15) is 31.0 Å². The predicted octanol–water partition coefficient (Wildman–Crippen LogP) is -0.164. The fraction of sp³-hybridized carbons (Fsp3) is 0.833. The van der Waals surface area contributed by atoms with E-state index in [1.807, 2.05) is 0 Å². The standard InChI is InChI=1S/C6H11F3N2O4S/c1-4(2-5(12)13)11-16(14,15)10-3-6(7,8)9/h4,10-11H,2-3H2,1H3,(H,12,13). The van der Waals surface area contributed by atoms with Crippen molar-refractivity contribution in [3.63, 3.8) is 0 Å². The second-order valence-electron chi connectivity index (χ2n) is 3.06. The van der Waals surface area contributed by atoms with Gasteiger partial charge in [0.1, 0.15) is 6.54 Å². The minimum absolute atomic E-state index is 0.521. The number of nitrogens with one attached hydrogen (secondary N) is 2. The molecule has 0 heterocycles. The smallest absolute Gasteiger partial charge is 0.402 e. The van der Waals surface area contributed by atoms with Crippen molar-refractivity contribution >= 4 is 16.2 Å². The number of carboxylic acid groups (broad SMARTS) is 1. The highest BCUT2D eigenvalue weighted by molar-refractivity contribution is 7.87. The topological polar surface area (TPSA) is 95.5 Å². The van der Waals surface area contributed by atoms with Gasteiger partial charge in [-0.15, -0.1) is 0 Å². The molecule has 0 aromatic rings. The Hall–Kier alpha value is -0.870. The molecule has 0 radical (unpaired) electrons. The Morgan fingerprint density at radius 3 is 2.31 bits per heavy atom. The Kier molecular flexibility index (Phi) is 5.16. The molecule has 10 heteroatoms.